The van der Waals surface area contributed by atoms with E-state index in [0.717, 1.165) is 11.6 Å². The van der Waals surface area contributed by atoms with E-state index >= 15 is 0 Å². The Morgan fingerprint density at radius 1 is 1.31 bits per heavy atom. The van der Waals surface area contributed by atoms with Crippen molar-refractivity contribution < 1.29 is 18.1 Å². The van der Waals surface area contributed by atoms with Crippen LogP contribution in [0.5, 0.6) is 0 Å². The minimum atomic E-state index is -0.708. The van der Waals surface area contributed by atoms with Crippen LogP contribution in [0, 0.1) is 25.5 Å². The zero-order chi connectivity index (χ0) is 18.8. The summed E-state index contributed by atoms with van der Waals surface area (Å²) in [7, 11) is 0. The molecule has 0 aliphatic heterocycles. The van der Waals surface area contributed by atoms with Crippen molar-refractivity contribution in [3.8, 4) is 5.69 Å². The number of nitrogens with zero attached hydrogens (tertiary/aromatic N) is 3. The standard InChI is InChI=1S/C18H18F2N4O2/c1-10-6-14(26-23-10)8-18(25)22-11(2)15-9-21-24(12(15)3)17-5-4-13(19)7-16(17)20/h4-7,9,11H,8H2,1-3H3,(H,22,25)/t11-/m0/s1. The Bertz CT molecular complexity index is 949. The molecule has 2 heterocycles. The highest BCUT2D eigenvalue weighted by atomic mass is 19.1. The molecule has 6 nitrogen and oxygen atoms in total. The molecule has 0 radical (unpaired) electrons. The van der Waals surface area contributed by atoms with Crippen LogP contribution in [-0.4, -0.2) is 20.8 Å². The van der Waals surface area contributed by atoms with Crippen LogP contribution in [-0.2, 0) is 11.2 Å². The number of amides is 1. The molecular formula is C18H18F2N4O2. The number of nitrogens with one attached hydrogen (secondary N) is 1. The van der Waals surface area contributed by atoms with Gasteiger partial charge in [-0.25, -0.2) is 13.5 Å². The first-order valence-electron chi connectivity index (χ1n) is 8.06. The van der Waals surface area contributed by atoms with E-state index in [4.69, 9.17) is 4.52 Å². The Labute approximate surface area is 148 Å². The summed E-state index contributed by atoms with van der Waals surface area (Å²) in [6.45, 7) is 5.34. The Morgan fingerprint density at radius 3 is 2.73 bits per heavy atom. The summed E-state index contributed by atoms with van der Waals surface area (Å²) in [5, 5.41) is 10.8. The summed E-state index contributed by atoms with van der Waals surface area (Å²) in [6.07, 6.45) is 1.63. The van der Waals surface area contributed by atoms with Crippen LogP contribution >= 0.6 is 0 Å². The third-order valence-electron chi connectivity index (χ3n) is 4.04. The van der Waals surface area contributed by atoms with Crippen LogP contribution < -0.4 is 5.32 Å². The predicted molar refractivity (Wildman–Crippen MR) is 89.7 cm³/mol. The smallest absolute Gasteiger partial charge is 0.228 e. The first-order chi connectivity index (χ1) is 12.3. The second-order valence-electron chi connectivity index (χ2n) is 6.09. The molecule has 0 fully saturated rings. The van der Waals surface area contributed by atoms with Crippen molar-refractivity contribution in [2.75, 3.05) is 0 Å². The van der Waals surface area contributed by atoms with Gasteiger partial charge in [-0.15, -0.1) is 0 Å². The van der Waals surface area contributed by atoms with Gasteiger partial charge in [-0.05, 0) is 32.9 Å². The number of hydrogen-bond donors (Lipinski definition) is 1. The van der Waals surface area contributed by atoms with Crippen LogP contribution in [0.4, 0.5) is 8.78 Å². The lowest BCUT2D eigenvalue weighted by molar-refractivity contribution is -0.121. The second kappa shape index (κ2) is 7.07. The number of benzene rings is 1. The highest BCUT2D eigenvalue weighted by Gasteiger charge is 2.19. The predicted octanol–water partition coefficient (Wildman–Crippen LogP) is 3.18. The van der Waals surface area contributed by atoms with E-state index in [1.807, 2.05) is 0 Å². The first-order valence-corrected chi connectivity index (χ1v) is 8.06. The molecule has 0 saturated heterocycles. The SMILES string of the molecule is Cc1cc(CC(=O)N[C@@H](C)c2cnn(-c3ccc(F)cc3F)c2C)on1. The molecule has 0 unspecified atom stereocenters. The Kier molecular flexibility index (Phi) is 4.83. The van der Waals surface area contributed by atoms with Crippen molar-refractivity contribution in [2.24, 2.45) is 0 Å². The first kappa shape index (κ1) is 17.8. The molecular weight excluding hydrogens is 342 g/mol. The van der Waals surface area contributed by atoms with Crippen LogP contribution in [0.3, 0.4) is 0 Å². The van der Waals surface area contributed by atoms with Crippen molar-refractivity contribution in [1.82, 2.24) is 20.3 Å². The Balaban J connectivity index is 1.75. The van der Waals surface area contributed by atoms with E-state index in [-0.39, 0.29) is 24.1 Å². The molecule has 3 rings (SSSR count). The van der Waals surface area contributed by atoms with Crippen LogP contribution in [0.2, 0.25) is 0 Å². The second-order valence-corrected chi connectivity index (χ2v) is 6.09. The molecule has 8 heteroatoms. The van der Waals surface area contributed by atoms with E-state index in [1.165, 1.54) is 16.8 Å². The van der Waals surface area contributed by atoms with Gasteiger partial charge in [0.25, 0.3) is 0 Å². The normalized spacial score (nSPS) is 12.2. The maximum atomic E-state index is 14.0. The molecule has 1 N–H and O–H groups in total. The highest BCUT2D eigenvalue weighted by molar-refractivity contribution is 5.78. The Hall–Kier alpha value is -3.03. The molecule has 0 saturated carbocycles. The average Bonchev–Trinajstić information content (AvgIpc) is 3.13. The minimum Gasteiger partial charge on any atom is -0.361 e. The molecule has 0 aliphatic rings. The maximum Gasteiger partial charge on any atom is 0.228 e. The summed E-state index contributed by atoms with van der Waals surface area (Å²) < 4.78 is 33.5. The summed E-state index contributed by atoms with van der Waals surface area (Å²) in [5.41, 5.74) is 2.24. The topological polar surface area (TPSA) is 73.0 Å². The number of rotatable bonds is 5. The average molecular weight is 360 g/mol. The van der Waals surface area contributed by atoms with Crippen LogP contribution in [0.1, 0.15) is 35.7 Å². The van der Waals surface area contributed by atoms with E-state index in [9.17, 15) is 13.6 Å². The van der Waals surface area contributed by atoms with E-state index < -0.39 is 11.6 Å². The van der Waals surface area contributed by atoms with Gasteiger partial charge in [0.15, 0.2) is 5.82 Å². The molecule has 1 aromatic carbocycles. The van der Waals surface area contributed by atoms with Gasteiger partial charge in [0.2, 0.25) is 5.91 Å². The third-order valence-corrected chi connectivity index (χ3v) is 4.04. The van der Waals surface area contributed by atoms with E-state index in [2.05, 4.69) is 15.6 Å². The number of aromatic nitrogens is 3. The zero-order valence-electron chi connectivity index (χ0n) is 14.6. The van der Waals surface area contributed by atoms with Gasteiger partial charge >= 0.3 is 0 Å². The molecule has 3 aromatic rings. The quantitative estimate of drug-likeness (QED) is 0.758. The van der Waals surface area contributed by atoms with Gasteiger partial charge in [0, 0.05) is 23.4 Å². The van der Waals surface area contributed by atoms with Crippen LogP contribution in [0.15, 0.2) is 35.0 Å². The zero-order valence-corrected chi connectivity index (χ0v) is 14.6. The van der Waals surface area contributed by atoms with Crippen molar-refractivity contribution in [2.45, 2.75) is 33.2 Å². The van der Waals surface area contributed by atoms with Gasteiger partial charge < -0.3 is 9.84 Å². The minimum absolute atomic E-state index is 0.0744. The lowest BCUT2D eigenvalue weighted by Crippen LogP contribution is -2.28. The monoisotopic (exact) mass is 360 g/mol. The third kappa shape index (κ3) is 3.63. The lowest BCUT2D eigenvalue weighted by Gasteiger charge is -2.14. The fraction of sp³-hybridized carbons (Fsp3) is 0.278. The van der Waals surface area contributed by atoms with E-state index in [1.54, 1.807) is 33.0 Å². The van der Waals surface area contributed by atoms with Crippen molar-refractivity contribution in [3.05, 3.63) is 64.8 Å². The Morgan fingerprint density at radius 2 is 2.08 bits per heavy atom. The number of carbonyl (C=O) groups is 1. The maximum absolute atomic E-state index is 14.0. The number of hydrogen-bond acceptors (Lipinski definition) is 4. The van der Waals surface area contributed by atoms with Crippen molar-refractivity contribution in [1.29, 1.82) is 0 Å². The molecule has 1 atom stereocenters. The molecule has 26 heavy (non-hydrogen) atoms. The summed E-state index contributed by atoms with van der Waals surface area (Å²) >= 11 is 0. The molecule has 1 amide bonds. The lowest BCUT2D eigenvalue weighted by atomic mass is 10.1. The molecule has 0 bridgehead atoms. The summed E-state index contributed by atoms with van der Waals surface area (Å²) in [4.78, 5) is 12.2. The molecule has 0 aliphatic carbocycles. The highest BCUT2D eigenvalue weighted by Crippen LogP contribution is 2.22. The number of aryl methyl sites for hydroxylation is 1. The van der Waals surface area contributed by atoms with Gasteiger partial charge in [0.1, 0.15) is 17.3 Å². The number of halogens is 2. The van der Waals surface area contributed by atoms with Crippen molar-refractivity contribution >= 4 is 5.91 Å². The fourth-order valence-electron chi connectivity index (χ4n) is 2.77. The largest absolute Gasteiger partial charge is 0.361 e. The van der Waals surface area contributed by atoms with Gasteiger partial charge in [0.05, 0.1) is 24.4 Å². The van der Waals surface area contributed by atoms with Crippen molar-refractivity contribution in [3.63, 3.8) is 0 Å². The van der Waals surface area contributed by atoms with Gasteiger partial charge in [-0.3, -0.25) is 4.79 Å². The summed E-state index contributed by atoms with van der Waals surface area (Å²) in [6, 6.07) is 4.66. The summed E-state index contributed by atoms with van der Waals surface area (Å²) in [5.74, 6) is -1.11. The number of carbonyl (C=O) groups excluding carboxylic acids is 1. The molecule has 136 valence electrons. The molecule has 2 aromatic heterocycles. The van der Waals surface area contributed by atoms with Gasteiger partial charge in [-0.1, -0.05) is 5.16 Å². The fourth-order valence-corrected chi connectivity index (χ4v) is 2.77. The molecule has 0 spiro atoms. The van der Waals surface area contributed by atoms with E-state index in [0.29, 0.717) is 17.1 Å². The van der Waals surface area contributed by atoms with Gasteiger partial charge in [-0.2, -0.15) is 5.10 Å². The van der Waals surface area contributed by atoms with Crippen LogP contribution in [0.25, 0.3) is 5.69 Å².